The van der Waals surface area contributed by atoms with Crippen molar-refractivity contribution in [1.29, 1.82) is 0 Å². The molecule has 0 saturated carbocycles. The average Bonchev–Trinajstić information content (AvgIpc) is 1.90. The molecule has 0 aliphatic carbocycles. The molecule has 1 aliphatic heterocycles. The van der Waals surface area contributed by atoms with Gasteiger partial charge in [-0.2, -0.15) is 0 Å². The molecule has 0 spiro atoms. The van der Waals surface area contributed by atoms with Crippen molar-refractivity contribution in [3.8, 4) is 0 Å². The molecule has 8 heavy (non-hydrogen) atoms. The van der Waals surface area contributed by atoms with Gasteiger partial charge in [0.05, 0.1) is 6.04 Å². The summed E-state index contributed by atoms with van der Waals surface area (Å²) in [6.45, 7) is 0. The first kappa shape index (κ1) is 6.02. The number of dihydropyridines is 1. The van der Waals surface area contributed by atoms with E-state index in [9.17, 15) is 0 Å². The molecule has 0 aromatic heterocycles. The second-order valence-corrected chi connectivity index (χ2v) is 2.42. The van der Waals surface area contributed by atoms with E-state index < -0.39 is 0 Å². The maximum Gasteiger partial charge on any atom is 0.0630 e. The fourth-order valence-corrected chi connectivity index (χ4v) is 1.06. The van der Waals surface area contributed by atoms with E-state index in [1.54, 1.807) is 0 Å². The number of nitrogens with zero attached hydrogens (tertiary/aromatic N) is 1. The quantitative estimate of drug-likeness (QED) is 0.537. The Morgan fingerprint density at radius 3 is 3.00 bits per heavy atom. The number of allylic oxidation sites excluding steroid dienone is 1. The third-order valence-corrected chi connectivity index (χ3v) is 1.85. The molecule has 1 heterocycles. The number of aliphatic imine (C=N–C) groups is 1. The Balaban J connectivity index is 2.40. The third-order valence-electron chi connectivity index (χ3n) is 1.11. The molecule has 1 nitrogen and oxygen atoms in total. The van der Waals surface area contributed by atoms with Crippen molar-refractivity contribution < 1.29 is 0 Å². The molecule has 0 saturated heterocycles. The van der Waals surface area contributed by atoms with Crippen LogP contribution in [0, 0.1) is 0 Å². The van der Waals surface area contributed by atoms with Crippen LogP contribution in [0.15, 0.2) is 17.1 Å². The van der Waals surface area contributed by atoms with Gasteiger partial charge in [-0.25, -0.2) is 0 Å². The van der Waals surface area contributed by atoms with Crippen molar-refractivity contribution >= 4 is 22.1 Å². The van der Waals surface area contributed by atoms with E-state index >= 15 is 0 Å². The van der Waals surface area contributed by atoms with Gasteiger partial charge in [-0.05, 0) is 12.5 Å². The summed E-state index contributed by atoms with van der Waals surface area (Å²) in [7, 11) is 0. The van der Waals surface area contributed by atoms with Crippen molar-refractivity contribution in [2.24, 2.45) is 4.99 Å². The van der Waals surface area contributed by atoms with Crippen LogP contribution in [0.2, 0.25) is 0 Å². The second-order valence-electron chi connectivity index (χ2n) is 1.77. The van der Waals surface area contributed by atoms with Crippen LogP contribution in [0.4, 0.5) is 0 Å². The molecule has 0 radical (unpaired) electrons. The predicted octanol–water partition coefficient (Wildman–Crippen LogP) is 1.78. The van der Waals surface area contributed by atoms with Crippen LogP contribution in [0.5, 0.6) is 0 Å². The van der Waals surface area contributed by atoms with E-state index in [1.807, 2.05) is 12.3 Å². The summed E-state index contributed by atoms with van der Waals surface area (Å²) in [6, 6.07) is 0.486. The average molecular weight is 174 g/mol. The van der Waals surface area contributed by atoms with Gasteiger partial charge >= 0.3 is 0 Å². The summed E-state index contributed by atoms with van der Waals surface area (Å²) in [5, 5.41) is 0.980. The van der Waals surface area contributed by atoms with Crippen molar-refractivity contribution in [3.05, 3.63) is 12.2 Å². The molecule has 1 rings (SSSR count). The lowest BCUT2D eigenvalue weighted by Gasteiger charge is -2.06. The molecule has 1 atom stereocenters. The highest BCUT2D eigenvalue weighted by Crippen LogP contribution is 2.05. The lowest BCUT2D eigenvalue weighted by Crippen LogP contribution is -2.06. The van der Waals surface area contributed by atoms with Gasteiger partial charge in [-0.3, -0.25) is 4.99 Å². The molecule has 0 aromatic carbocycles. The van der Waals surface area contributed by atoms with Crippen molar-refractivity contribution in [3.63, 3.8) is 0 Å². The van der Waals surface area contributed by atoms with Crippen LogP contribution in [0.25, 0.3) is 0 Å². The van der Waals surface area contributed by atoms with Gasteiger partial charge in [0.1, 0.15) is 0 Å². The predicted molar refractivity (Wildman–Crippen MR) is 39.8 cm³/mol. The summed E-state index contributed by atoms with van der Waals surface area (Å²) < 4.78 is 0. The van der Waals surface area contributed by atoms with Gasteiger partial charge in [0.15, 0.2) is 0 Å². The van der Waals surface area contributed by atoms with Crippen molar-refractivity contribution in [1.82, 2.24) is 0 Å². The molecule has 1 aliphatic rings. The highest BCUT2D eigenvalue weighted by Gasteiger charge is 2.01. The maximum absolute atomic E-state index is 4.19. The minimum absolute atomic E-state index is 0.486. The van der Waals surface area contributed by atoms with E-state index in [2.05, 4.69) is 27.0 Å². The minimum atomic E-state index is 0.486. The molecule has 0 aromatic rings. The number of rotatable bonds is 1. The Morgan fingerprint density at radius 2 is 2.62 bits per heavy atom. The SMILES string of the molecule is BrCC1CC=CC=N1. The number of hydrogen-bond acceptors (Lipinski definition) is 1. The van der Waals surface area contributed by atoms with Crippen molar-refractivity contribution in [2.75, 3.05) is 5.33 Å². The molecule has 0 bridgehead atoms. The summed E-state index contributed by atoms with van der Waals surface area (Å²) in [6.07, 6.45) is 7.06. The van der Waals surface area contributed by atoms with E-state index in [4.69, 9.17) is 0 Å². The molecule has 1 unspecified atom stereocenters. The zero-order valence-electron chi connectivity index (χ0n) is 4.55. The van der Waals surface area contributed by atoms with E-state index in [0.717, 1.165) is 11.8 Å². The van der Waals surface area contributed by atoms with Gasteiger partial charge < -0.3 is 0 Å². The lowest BCUT2D eigenvalue weighted by molar-refractivity contribution is 0.773. The monoisotopic (exact) mass is 173 g/mol. The largest absolute Gasteiger partial charge is 0.289 e. The smallest absolute Gasteiger partial charge is 0.0630 e. The molecule has 0 amide bonds. The Labute approximate surface area is 57.6 Å². The number of alkyl halides is 1. The van der Waals surface area contributed by atoms with Crippen LogP contribution in [-0.4, -0.2) is 17.6 Å². The van der Waals surface area contributed by atoms with Gasteiger partial charge in [-0.1, -0.05) is 22.0 Å². The third kappa shape index (κ3) is 1.44. The first-order valence-corrected chi connectivity index (χ1v) is 3.80. The molecule has 2 heteroatoms. The zero-order valence-corrected chi connectivity index (χ0v) is 6.13. The van der Waals surface area contributed by atoms with Crippen LogP contribution in [-0.2, 0) is 0 Å². The fraction of sp³-hybridized carbons (Fsp3) is 0.500. The van der Waals surface area contributed by atoms with Crippen LogP contribution in [0.3, 0.4) is 0 Å². The van der Waals surface area contributed by atoms with Crippen molar-refractivity contribution in [2.45, 2.75) is 12.5 Å². The Hall–Kier alpha value is -0.110. The molecular formula is C6H8BrN. The van der Waals surface area contributed by atoms with Gasteiger partial charge in [0.25, 0.3) is 0 Å². The highest BCUT2D eigenvalue weighted by molar-refractivity contribution is 9.09. The summed E-state index contributed by atoms with van der Waals surface area (Å²) in [5.41, 5.74) is 0. The van der Waals surface area contributed by atoms with Crippen LogP contribution < -0.4 is 0 Å². The van der Waals surface area contributed by atoms with Crippen LogP contribution in [0.1, 0.15) is 6.42 Å². The molecule has 0 N–H and O–H groups in total. The summed E-state index contributed by atoms with van der Waals surface area (Å²) in [4.78, 5) is 4.19. The second kappa shape index (κ2) is 3.02. The Kier molecular flexibility index (Phi) is 2.27. The van der Waals surface area contributed by atoms with Gasteiger partial charge in [0.2, 0.25) is 0 Å². The minimum Gasteiger partial charge on any atom is -0.289 e. The summed E-state index contributed by atoms with van der Waals surface area (Å²) >= 11 is 3.36. The van der Waals surface area contributed by atoms with E-state index in [0.29, 0.717) is 6.04 Å². The van der Waals surface area contributed by atoms with Gasteiger partial charge in [-0.15, -0.1) is 0 Å². The first-order valence-electron chi connectivity index (χ1n) is 2.68. The zero-order chi connectivity index (χ0) is 5.82. The Morgan fingerprint density at radius 1 is 1.75 bits per heavy atom. The normalized spacial score (nSPS) is 26.4. The number of halogens is 1. The van der Waals surface area contributed by atoms with E-state index in [1.165, 1.54) is 0 Å². The topological polar surface area (TPSA) is 12.4 Å². The first-order chi connectivity index (χ1) is 3.93. The highest BCUT2D eigenvalue weighted by atomic mass is 79.9. The lowest BCUT2D eigenvalue weighted by atomic mass is 10.2. The Bertz CT molecular complexity index is 118. The van der Waals surface area contributed by atoms with Gasteiger partial charge in [0, 0.05) is 11.5 Å². The standard InChI is InChI=1S/C6H8BrN/c7-5-6-3-1-2-4-8-6/h1-2,4,6H,3,5H2. The fourth-order valence-electron chi connectivity index (χ4n) is 0.632. The van der Waals surface area contributed by atoms with E-state index in [-0.39, 0.29) is 0 Å². The molecular weight excluding hydrogens is 166 g/mol. The summed E-state index contributed by atoms with van der Waals surface area (Å²) in [5.74, 6) is 0. The molecule has 0 fully saturated rings. The number of hydrogen-bond donors (Lipinski definition) is 0. The maximum atomic E-state index is 4.19. The molecule has 44 valence electrons. The van der Waals surface area contributed by atoms with Crippen LogP contribution >= 0.6 is 15.9 Å².